The van der Waals surface area contributed by atoms with Gasteiger partial charge in [-0.3, -0.25) is 9.59 Å². The van der Waals surface area contributed by atoms with Crippen LogP contribution in [0.1, 0.15) is 53.0 Å². The van der Waals surface area contributed by atoms with Crippen LogP contribution < -0.4 is 5.32 Å². The summed E-state index contributed by atoms with van der Waals surface area (Å²) in [5, 5.41) is 15.2. The van der Waals surface area contributed by atoms with E-state index < -0.39 is 17.8 Å². The Labute approximate surface area is 187 Å². The number of rotatable bonds is 4. The van der Waals surface area contributed by atoms with E-state index in [1.165, 1.54) is 22.5 Å². The molecule has 1 amide bonds. The number of carbonyl (C=O) groups is 2. The van der Waals surface area contributed by atoms with Crippen molar-refractivity contribution in [2.24, 2.45) is 23.7 Å². The third-order valence-electron chi connectivity index (χ3n) is 6.79. The van der Waals surface area contributed by atoms with Crippen molar-refractivity contribution in [2.45, 2.75) is 52.9 Å². The van der Waals surface area contributed by atoms with Crippen LogP contribution in [0.5, 0.6) is 0 Å². The fraction of sp³-hybridized carbons (Fsp3) is 0.480. The van der Waals surface area contributed by atoms with E-state index in [1.807, 2.05) is 19.2 Å². The lowest BCUT2D eigenvalue weighted by molar-refractivity contribution is -0.148. The van der Waals surface area contributed by atoms with Gasteiger partial charge in [-0.25, -0.2) is 4.98 Å². The number of nitrogens with zero attached hydrogens (tertiary/aromatic N) is 1. The van der Waals surface area contributed by atoms with Crippen molar-refractivity contribution < 1.29 is 14.7 Å². The molecule has 2 aromatic rings. The molecule has 1 aromatic carbocycles. The topological polar surface area (TPSA) is 79.3 Å². The zero-order valence-corrected chi connectivity index (χ0v) is 19.5. The zero-order chi connectivity index (χ0) is 22.5. The summed E-state index contributed by atoms with van der Waals surface area (Å²) in [5.41, 5.74) is 5.50. The molecule has 1 heterocycles. The summed E-state index contributed by atoms with van der Waals surface area (Å²) in [6.07, 6.45) is 1.74. The molecule has 2 N–H and O–H groups in total. The summed E-state index contributed by atoms with van der Waals surface area (Å²) in [5.74, 6) is -2.25. The molecule has 5 nitrogen and oxygen atoms in total. The first-order chi connectivity index (χ1) is 14.6. The van der Waals surface area contributed by atoms with Crippen LogP contribution in [0, 0.1) is 23.7 Å². The largest absolute Gasteiger partial charge is 0.481 e. The van der Waals surface area contributed by atoms with E-state index in [4.69, 9.17) is 0 Å². The average molecular weight is 439 g/mol. The number of anilines is 1. The third kappa shape index (κ3) is 3.93. The van der Waals surface area contributed by atoms with E-state index in [1.54, 1.807) is 0 Å². The highest BCUT2D eigenvalue weighted by Crippen LogP contribution is 2.57. The van der Waals surface area contributed by atoms with Crippen LogP contribution in [0.15, 0.2) is 40.8 Å². The van der Waals surface area contributed by atoms with E-state index in [2.05, 4.69) is 55.3 Å². The Morgan fingerprint density at radius 1 is 1.06 bits per heavy atom. The monoisotopic (exact) mass is 438 g/mol. The quantitative estimate of drug-likeness (QED) is 0.597. The van der Waals surface area contributed by atoms with Gasteiger partial charge in [0, 0.05) is 10.9 Å². The van der Waals surface area contributed by atoms with Crippen molar-refractivity contribution in [3.05, 3.63) is 46.4 Å². The van der Waals surface area contributed by atoms with Crippen molar-refractivity contribution in [3.63, 3.8) is 0 Å². The van der Waals surface area contributed by atoms with Gasteiger partial charge in [-0.2, -0.15) is 0 Å². The highest BCUT2D eigenvalue weighted by atomic mass is 32.1. The maximum Gasteiger partial charge on any atom is 0.307 e. The van der Waals surface area contributed by atoms with Crippen molar-refractivity contribution >= 4 is 28.3 Å². The van der Waals surface area contributed by atoms with Crippen LogP contribution in [0.3, 0.4) is 0 Å². The Kier molecular flexibility index (Phi) is 5.54. The van der Waals surface area contributed by atoms with Crippen molar-refractivity contribution in [1.29, 1.82) is 0 Å². The molecule has 0 radical (unpaired) electrons. The molecule has 0 aliphatic heterocycles. The summed E-state index contributed by atoms with van der Waals surface area (Å²) >= 11 is 1.38. The fourth-order valence-electron chi connectivity index (χ4n) is 5.40. The number of aliphatic carboxylic acids is 1. The van der Waals surface area contributed by atoms with E-state index in [-0.39, 0.29) is 23.2 Å². The number of benzene rings is 1. The van der Waals surface area contributed by atoms with Crippen LogP contribution in [-0.2, 0) is 15.0 Å². The maximum atomic E-state index is 13.2. The van der Waals surface area contributed by atoms with Gasteiger partial charge in [0.1, 0.15) is 0 Å². The third-order valence-corrected chi connectivity index (χ3v) is 7.55. The number of carboxylic acid groups (broad SMARTS) is 1. The number of carbonyl (C=O) groups excluding carboxylic acids is 1. The smallest absolute Gasteiger partial charge is 0.307 e. The standard InChI is InChI=1S/C25H30N2O3S/c1-13(2)19-16-10-11-17(19)21(23(29)30)20(16)22(28)27-24-26-18(12-31-24)14-6-8-15(9-7-14)25(3,4)5/h6-9,12,16-17,20-21H,10-11H2,1-5H3,(H,29,30)(H,26,27,28)/t16-,17+,20-,21-/m1/s1. The Morgan fingerprint density at radius 2 is 1.68 bits per heavy atom. The number of allylic oxidation sites excluding steroid dienone is 2. The van der Waals surface area contributed by atoms with Gasteiger partial charge >= 0.3 is 5.97 Å². The van der Waals surface area contributed by atoms with Crippen molar-refractivity contribution in [3.8, 4) is 11.3 Å². The summed E-state index contributed by atoms with van der Waals surface area (Å²) < 4.78 is 0. The van der Waals surface area contributed by atoms with Gasteiger partial charge in [0.05, 0.1) is 17.5 Å². The second kappa shape index (κ2) is 7.90. The van der Waals surface area contributed by atoms with E-state index in [0.29, 0.717) is 5.13 Å². The number of hydrogen-bond donors (Lipinski definition) is 2. The van der Waals surface area contributed by atoms with Gasteiger partial charge in [0.2, 0.25) is 5.91 Å². The predicted octanol–water partition coefficient (Wildman–Crippen LogP) is 5.74. The number of hydrogen-bond acceptors (Lipinski definition) is 4. The number of thiazole rings is 1. The molecule has 0 spiro atoms. The van der Waals surface area contributed by atoms with E-state index in [0.717, 1.165) is 29.7 Å². The Bertz CT molecular complexity index is 1040. The highest BCUT2D eigenvalue weighted by Gasteiger charge is 2.57. The van der Waals surface area contributed by atoms with Gasteiger partial charge in [0.15, 0.2) is 5.13 Å². The molecule has 2 bridgehead atoms. The SMILES string of the molecule is CC(C)=C1[C@H]2CC[C@@H]1[C@@H](C(=O)O)[C@@H]2C(=O)Nc1nc(-c2ccc(C(C)(C)C)cc2)cs1. The van der Waals surface area contributed by atoms with Crippen molar-refractivity contribution in [2.75, 3.05) is 5.32 Å². The second-order valence-electron chi connectivity index (χ2n) is 9.99. The van der Waals surface area contributed by atoms with Crippen LogP contribution >= 0.6 is 11.3 Å². The number of aromatic nitrogens is 1. The van der Waals surface area contributed by atoms with E-state index in [9.17, 15) is 14.7 Å². The minimum absolute atomic E-state index is 0.0172. The number of nitrogens with one attached hydrogen (secondary N) is 1. The summed E-state index contributed by atoms with van der Waals surface area (Å²) in [6.45, 7) is 10.6. The predicted molar refractivity (Wildman–Crippen MR) is 124 cm³/mol. The summed E-state index contributed by atoms with van der Waals surface area (Å²) in [4.78, 5) is 29.8. The molecule has 2 aliphatic carbocycles. The summed E-state index contributed by atoms with van der Waals surface area (Å²) in [7, 11) is 0. The lowest BCUT2D eigenvalue weighted by Gasteiger charge is -2.25. The maximum absolute atomic E-state index is 13.2. The average Bonchev–Trinajstić information content (AvgIpc) is 3.40. The van der Waals surface area contributed by atoms with Crippen LogP contribution in [0.2, 0.25) is 0 Å². The molecule has 1 aromatic heterocycles. The molecule has 0 unspecified atom stereocenters. The molecule has 0 saturated heterocycles. The molecule has 164 valence electrons. The van der Waals surface area contributed by atoms with Crippen LogP contribution in [0.4, 0.5) is 5.13 Å². The lowest BCUT2D eigenvalue weighted by Crippen LogP contribution is -2.37. The second-order valence-corrected chi connectivity index (χ2v) is 10.8. The minimum atomic E-state index is -0.870. The first kappa shape index (κ1) is 21.8. The van der Waals surface area contributed by atoms with Crippen LogP contribution in [-0.4, -0.2) is 22.0 Å². The van der Waals surface area contributed by atoms with Crippen molar-refractivity contribution in [1.82, 2.24) is 4.98 Å². The van der Waals surface area contributed by atoms with Gasteiger partial charge in [-0.15, -0.1) is 11.3 Å². The summed E-state index contributed by atoms with van der Waals surface area (Å²) in [6, 6.07) is 8.33. The molecular formula is C25H30N2O3S. The molecule has 31 heavy (non-hydrogen) atoms. The molecule has 2 fully saturated rings. The molecule has 2 saturated carbocycles. The first-order valence-electron chi connectivity index (χ1n) is 10.9. The molecule has 6 heteroatoms. The van der Waals surface area contributed by atoms with E-state index >= 15 is 0 Å². The van der Waals surface area contributed by atoms with Gasteiger partial charge in [-0.05, 0) is 49.5 Å². The van der Waals surface area contributed by atoms with Crippen LogP contribution in [0.25, 0.3) is 11.3 Å². The number of fused-ring (bicyclic) bond motifs is 2. The highest BCUT2D eigenvalue weighted by molar-refractivity contribution is 7.14. The van der Waals surface area contributed by atoms with Gasteiger partial charge in [-0.1, -0.05) is 56.2 Å². The Balaban J connectivity index is 1.53. The minimum Gasteiger partial charge on any atom is -0.481 e. The van der Waals surface area contributed by atoms with Gasteiger partial charge in [0.25, 0.3) is 0 Å². The normalized spacial score (nSPS) is 25.0. The molecule has 2 aliphatic rings. The number of amides is 1. The first-order valence-corrected chi connectivity index (χ1v) is 11.7. The zero-order valence-electron chi connectivity index (χ0n) is 18.7. The van der Waals surface area contributed by atoms with Gasteiger partial charge < -0.3 is 10.4 Å². The Hall–Kier alpha value is -2.47. The lowest BCUT2D eigenvalue weighted by atomic mass is 9.79. The molecular weight excluding hydrogens is 408 g/mol. The Morgan fingerprint density at radius 3 is 2.23 bits per heavy atom. The fourth-order valence-corrected chi connectivity index (χ4v) is 6.12. The molecule has 4 atom stereocenters. The molecule has 4 rings (SSSR count). The number of carboxylic acids is 1.